The lowest BCUT2D eigenvalue weighted by atomic mass is 10.0. The van der Waals surface area contributed by atoms with E-state index in [0.717, 1.165) is 0 Å². The molecule has 0 radical (unpaired) electrons. The van der Waals surface area contributed by atoms with Crippen LogP contribution in [-0.2, 0) is 19.7 Å². The highest BCUT2D eigenvalue weighted by molar-refractivity contribution is 7.86. The van der Waals surface area contributed by atoms with E-state index in [4.69, 9.17) is 10.5 Å². The van der Waals surface area contributed by atoms with Crippen LogP contribution in [-0.4, -0.2) is 85.4 Å². The molecular formula is C15H30N4O4S. The predicted molar refractivity (Wildman–Crippen MR) is 91.5 cm³/mol. The SMILES string of the molecule is CC1CN(S(=O)(=O)N2CCN(C(=O)[C@@H](N)C(C)C)CC2)CC(C)O1. The van der Waals surface area contributed by atoms with E-state index in [1.807, 2.05) is 27.7 Å². The summed E-state index contributed by atoms with van der Waals surface area (Å²) in [6.07, 6.45) is -0.231. The number of morpholine rings is 1. The molecule has 140 valence electrons. The summed E-state index contributed by atoms with van der Waals surface area (Å²) >= 11 is 0. The van der Waals surface area contributed by atoms with Crippen molar-refractivity contribution < 1.29 is 17.9 Å². The Morgan fingerprint density at radius 1 is 1.04 bits per heavy atom. The topological polar surface area (TPSA) is 96.2 Å². The molecule has 0 aromatic heterocycles. The van der Waals surface area contributed by atoms with Gasteiger partial charge in [-0.1, -0.05) is 13.8 Å². The molecule has 8 nitrogen and oxygen atoms in total. The molecule has 24 heavy (non-hydrogen) atoms. The van der Waals surface area contributed by atoms with Gasteiger partial charge < -0.3 is 15.4 Å². The van der Waals surface area contributed by atoms with E-state index in [1.54, 1.807) is 4.90 Å². The van der Waals surface area contributed by atoms with Crippen LogP contribution < -0.4 is 5.73 Å². The Morgan fingerprint density at radius 2 is 1.54 bits per heavy atom. The van der Waals surface area contributed by atoms with Gasteiger partial charge in [0.2, 0.25) is 5.91 Å². The van der Waals surface area contributed by atoms with Gasteiger partial charge in [-0.15, -0.1) is 0 Å². The van der Waals surface area contributed by atoms with Crippen molar-refractivity contribution in [2.45, 2.75) is 45.9 Å². The van der Waals surface area contributed by atoms with Crippen molar-refractivity contribution >= 4 is 16.1 Å². The number of carbonyl (C=O) groups excluding carboxylic acids is 1. The average molecular weight is 362 g/mol. The van der Waals surface area contributed by atoms with Crippen LogP contribution >= 0.6 is 0 Å². The van der Waals surface area contributed by atoms with E-state index in [-0.39, 0.29) is 24.0 Å². The fourth-order valence-electron chi connectivity index (χ4n) is 3.12. The van der Waals surface area contributed by atoms with Crippen LogP contribution in [0.2, 0.25) is 0 Å². The normalized spacial score (nSPS) is 29.0. The summed E-state index contributed by atoms with van der Waals surface area (Å²) < 4.78 is 34.2. The van der Waals surface area contributed by atoms with E-state index in [0.29, 0.717) is 39.3 Å². The lowest BCUT2D eigenvalue weighted by Crippen LogP contribution is -2.59. The predicted octanol–water partition coefficient (Wildman–Crippen LogP) is -0.532. The molecule has 2 heterocycles. The highest BCUT2D eigenvalue weighted by Crippen LogP contribution is 2.19. The fraction of sp³-hybridized carbons (Fsp3) is 0.933. The van der Waals surface area contributed by atoms with Crippen LogP contribution in [0.5, 0.6) is 0 Å². The maximum Gasteiger partial charge on any atom is 0.282 e. The Hall–Kier alpha value is -0.740. The molecule has 0 aromatic rings. The number of hydrogen-bond acceptors (Lipinski definition) is 5. The zero-order valence-electron chi connectivity index (χ0n) is 15.0. The second kappa shape index (κ2) is 7.65. The average Bonchev–Trinajstić information content (AvgIpc) is 2.52. The monoisotopic (exact) mass is 362 g/mol. The molecule has 0 aliphatic carbocycles. The largest absolute Gasteiger partial charge is 0.373 e. The number of amides is 1. The van der Waals surface area contributed by atoms with Gasteiger partial charge >= 0.3 is 0 Å². The third-order valence-electron chi connectivity index (χ3n) is 4.59. The summed E-state index contributed by atoms with van der Waals surface area (Å²) in [5, 5.41) is 0. The highest BCUT2D eigenvalue weighted by Gasteiger charge is 2.37. The van der Waals surface area contributed by atoms with E-state index >= 15 is 0 Å². The first kappa shape index (κ1) is 19.6. The van der Waals surface area contributed by atoms with E-state index in [9.17, 15) is 13.2 Å². The van der Waals surface area contributed by atoms with E-state index in [1.165, 1.54) is 8.61 Å². The second-order valence-electron chi connectivity index (χ2n) is 7.08. The molecule has 2 fully saturated rings. The number of ether oxygens (including phenoxy) is 1. The van der Waals surface area contributed by atoms with Gasteiger partial charge in [0, 0.05) is 39.3 Å². The Bertz CT molecular complexity index is 536. The number of carbonyl (C=O) groups is 1. The quantitative estimate of drug-likeness (QED) is 0.725. The highest BCUT2D eigenvalue weighted by atomic mass is 32.2. The maximum absolute atomic E-state index is 12.8. The minimum absolute atomic E-state index is 0.0654. The number of rotatable bonds is 4. The lowest BCUT2D eigenvalue weighted by Gasteiger charge is -2.40. The van der Waals surface area contributed by atoms with Crippen molar-refractivity contribution in [3.8, 4) is 0 Å². The third kappa shape index (κ3) is 4.26. The lowest BCUT2D eigenvalue weighted by molar-refractivity contribution is -0.134. The van der Waals surface area contributed by atoms with Crippen molar-refractivity contribution in [2.75, 3.05) is 39.3 Å². The van der Waals surface area contributed by atoms with Gasteiger partial charge in [0.25, 0.3) is 10.2 Å². The molecular weight excluding hydrogens is 332 g/mol. The smallest absolute Gasteiger partial charge is 0.282 e. The molecule has 2 saturated heterocycles. The van der Waals surface area contributed by atoms with Crippen LogP contribution in [0.1, 0.15) is 27.7 Å². The first-order valence-electron chi connectivity index (χ1n) is 8.58. The van der Waals surface area contributed by atoms with Gasteiger partial charge in [0.1, 0.15) is 0 Å². The standard InChI is InChI=1S/C15H30N4O4S/c1-11(2)14(16)15(20)17-5-7-18(8-6-17)24(21,22)19-9-12(3)23-13(4)10-19/h11-14H,5-10,16H2,1-4H3/t12?,13?,14-/m0/s1. The van der Waals surface area contributed by atoms with Gasteiger partial charge in [0.15, 0.2) is 0 Å². The zero-order chi connectivity index (χ0) is 18.1. The van der Waals surface area contributed by atoms with Crippen molar-refractivity contribution in [3.05, 3.63) is 0 Å². The van der Waals surface area contributed by atoms with Gasteiger partial charge in [-0.3, -0.25) is 4.79 Å². The Balaban J connectivity index is 1.97. The number of hydrogen-bond donors (Lipinski definition) is 1. The number of nitrogens with zero attached hydrogens (tertiary/aromatic N) is 3. The van der Waals surface area contributed by atoms with Crippen molar-refractivity contribution in [1.82, 2.24) is 13.5 Å². The van der Waals surface area contributed by atoms with Gasteiger partial charge in [-0.2, -0.15) is 17.0 Å². The molecule has 2 unspecified atom stereocenters. The first-order chi connectivity index (χ1) is 11.1. The van der Waals surface area contributed by atoms with Crippen LogP contribution in [0.15, 0.2) is 0 Å². The minimum atomic E-state index is -3.52. The van der Waals surface area contributed by atoms with Gasteiger partial charge in [-0.05, 0) is 19.8 Å². The molecule has 3 atom stereocenters. The second-order valence-corrected chi connectivity index (χ2v) is 9.00. The van der Waals surface area contributed by atoms with E-state index in [2.05, 4.69) is 0 Å². The Labute approximate surface area is 145 Å². The molecule has 2 aliphatic rings. The molecule has 0 aromatic carbocycles. The maximum atomic E-state index is 12.8. The summed E-state index contributed by atoms with van der Waals surface area (Å²) in [6.45, 7) is 9.67. The van der Waals surface area contributed by atoms with Crippen molar-refractivity contribution in [1.29, 1.82) is 0 Å². The summed E-state index contributed by atoms with van der Waals surface area (Å²) in [6, 6.07) is -0.533. The van der Waals surface area contributed by atoms with Crippen molar-refractivity contribution in [3.63, 3.8) is 0 Å². The molecule has 2 N–H and O–H groups in total. The Morgan fingerprint density at radius 3 is 2.00 bits per heavy atom. The van der Waals surface area contributed by atoms with Crippen LogP contribution in [0, 0.1) is 5.92 Å². The molecule has 2 rings (SSSR count). The molecule has 2 aliphatic heterocycles. The van der Waals surface area contributed by atoms with Crippen LogP contribution in [0.3, 0.4) is 0 Å². The molecule has 0 saturated carbocycles. The molecule has 9 heteroatoms. The number of nitrogens with two attached hydrogens (primary N) is 1. The molecule has 0 bridgehead atoms. The van der Waals surface area contributed by atoms with Crippen molar-refractivity contribution in [2.24, 2.45) is 11.7 Å². The third-order valence-corrected chi connectivity index (χ3v) is 6.56. The summed E-state index contributed by atoms with van der Waals surface area (Å²) in [5.41, 5.74) is 5.91. The van der Waals surface area contributed by atoms with Crippen LogP contribution in [0.4, 0.5) is 0 Å². The summed E-state index contributed by atoms with van der Waals surface area (Å²) in [7, 11) is -3.52. The Kier molecular flexibility index (Phi) is 6.24. The zero-order valence-corrected chi connectivity index (χ0v) is 15.8. The fourth-order valence-corrected chi connectivity index (χ4v) is 4.87. The van der Waals surface area contributed by atoms with Gasteiger partial charge in [0.05, 0.1) is 18.2 Å². The van der Waals surface area contributed by atoms with Gasteiger partial charge in [-0.25, -0.2) is 0 Å². The minimum Gasteiger partial charge on any atom is -0.373 e. The first-order valence-corrected chi connectivity index (χ1v) is 9.97. The van der Waals surface area contributed by atoms with E-state index < -0.39 is 16.3 Å². The van der Waals surface area contributed by atoms with Crippen LogP contribution in [0.25, 0.3) is 0 Å². The summed E-state index contributed by atoms with van der Waals surface area (Å²) in [4.78, 5) is 14.0. The molecule has 0 spiro atoms. The number of piperazine rings is 1. The summed E-state index contributed by atoms with van der Waals surface area (Å²) in [5.74, 6) is -0.0359. The molecule has 1 amide bonds.